The lowest BCUT2D eigenvalue weighted by Crippen LogP contribution is -2.15. The molecule has 0 spiro atoms. The smallest absolute Gasteiger partial charge is 0.398 e. The Labute approximate surface area is 92.7 Å². The van der Waals surface area contributed by atoms with Gasteiger partial charge in [-0.1, -0.05) is 0 Å². The monoisotopic (exact) mass is 251 g/mol. The summed E-state index contributed by atoms with van der Waals surface area (Å²) in [5.74, 6) is 0. The first kappa shape index (κ1) is 13.2. The van der Waals surface area contributed by atoms with Crippen LogP contribution < -0.4 is 5.73 Å². The number of aromatic nitrogens is 1. The van der Waals surface area contributed by atoms with Gasteiger partial charge in [0.15, 0.2) is 5.69 Å². The second-order valence-corrected chi connectivity index (χ2v) is 3.10. The van der Waals surface area contributed by atoms with Crippen molar-refractivity contribution in [2.75, 3.05) is 5.73 Å². The predicted molar refractivity (Wildman–Crippen MR) is 47.9 cm³/mol. The van der Waals surface area contributed by atoms with E-state index in [1.165, 1.54) is 6.07 Å². The standard InChI is InChI=1S/C9H6F5N3/c10-8(11)6-3-5(16)4(1-2-15)7(17-6)9(12,13)14/h3,8H,1H2,(H2,16,17). The molecular formula is C9H6F5N3. The molecule has 1 rings (SSSR count). The average Bonchev–Trinajstić information content (AvgIpc) is 2.18. The molecule has 0 aliphatic heterocycles. The van der Waals surface area contributed by atoms with Crippen molar-refractivity contribution in [3.8, 4) is 6.07 Å². The number of nitrogens with zero attached hydrogens (tertiary/aromatic N) is 2. The van der Waals surface area contributed by atoms with E-state index in [1.54, 1.807) is 0 Å². The summed E-state index contributed by atoms with van der Waals surface area (Å²) in [5, 5.41) is 8.36. The number of hydrogen-bond acceptors (Lipinski definition) is 3. The molecule has 0 saturated carbocycles. The van der Waals surface area contributed by atoms with Crippen LogP contribution in [-0.4, -0.2) is 4.98 Å². The van der Waals surface area contributed by atoms with E-state index in [2.05, 4.69) is 4.98 Å². The molecule has 0 saturated heterocycles. The normalized spacial score (nSPS) is 11.6. The molecule has 0 aromatic carbocycles. The van der Waals surface area contributed by atoms with Crippen LogP contribution in [0.15, 0.2) is 6.07 Å². The van der Waals surface area contributed by atoms with E-state index in [0.717, 1.165) is 0 Å². The summed E-state index contributed by atoms with van der Waals surface area (Å²) < 4.78 is 62.1. The largest absolute Gasteiger partial charge is 0.433 e. The van der Waals surface area contributed by atoms with Crippen molar-refractivity contribution in [1.82, 2.24) is 4.98 Å². The van der Waals surface area contributed by atoms with Crippen molar-refractivity contribution in [2.24, 2.45) is 0 Å². The van der Waals surface area contributed by atoms with Gasteiger partial charge in [-0.05, 0) is 6.07 Å². The summed E-state index contributed by atoms with van der Waals surface area (Å²) in [4.78, 5) is 2.82. The summed E-state index contributed by atoms with van der Waals surface area (Å²) in [7, 11) is 0. The second kappa shape index (κ2) is 4.53. The number of pyridine rings is 1. The minimum absolute atomic E-state index is 0.510. The van der Waals surface area contributed by atoms with E-state index in [9.17, 15) is 22.0 Å². The number of rotatable bonds is 2. The summed E-state index contributed by atoms with van der Waals surface area (Å²) >= 11 is 0. The molecule has 3 nitrogen and oxygen atoms in total. The van der Waals surface area contributed by atoms with Crippen LogP contribution in [0.2, 0.25) is 0 Å². The first-order valence-electron chi connectivity index (χ1n) is 4.29. The molecule has 8 heteroatoms. The fourth-order valence-corrected chi connectivity index (χ4v) is 1.22. The molecule has 0 aliphatic carbocycles. The molecule has 92 valence electrons. The Morgan fingerprint density at radius 2 is 2.00 bits per heavy atom. The number of alkyl halides is 5. The van der Waals surface area contributed by atoms with Gasteiger partial charge in [0.2, 0.25) is 0 Å². The maximum atomic E-state index is 12.5. The molecule has 0 unspecified atom stereocenters. The van der Waals surface area contributed by atoms with Gasteiger partial charge >= 0.3 is 6.18 Å². The lowest BCUT2D eigenvalue weighted by Gasteiger charge is -2.13. The van der Waals surface area contributed by atoms with Gasteiger partial charge in [-0.2, -0.15) is 18.4 Å². The van der Waals surface area contributed by atoms with E-state index in [-0.39, 0.29) is 0 Å². The maximum absolute atomic E-state index is 12.5. The zero-order chi connectivity index (χ0) is 13.2. The molecule has 0 amide bonds. The van der Waals surface area contributed by atoms with Crippen LogP contribution in [0.1, 0.15) is 23.4 Å². The number of nitriles is 1. The maximum Gasteiger partial charge on any atom is 0.433 e. The minimum atomic E-state index is -4.93. The van der Waals surface area contributed by atoms with Crippen LogP contribution >= 0.6 is 0 Å². The van der Waals surface area contributed by atoms with E-state index < -0.39 is 41.7 Å². The molecular weight excluding hydrogens is 245 g/mol. The molecule has 17 heavy (non-hydrogen) atoms. The Bertz CT molecular complexity index is 461. The molecule has 1 aromatic heterocycles. The third-order valence-corrected chi connectivity index (χ3v) is 1.93. The van der Waals surface area contributed by atoms with E-state index in [4.69, 9.17) is 11.0 Å². The minimum Gasteiger partial charge on any atom is -0.398 e. The van der Waals surface area contributed by atoms with E-state index in [0.29, 0.717) is 6.07 Å². The number of anilines is 1. The topological polar surface area (TPSA) is 62.7 Å². The van der Waals surface area contributed by atoms with Gasteiger partial charge in [-0.25, -0.2) is 13.8 Å². The summed E-state index contributed by atoms with van der Waals surface area (Å²) in [6, 6.07) is 2.12. The Kier molecular flexibility index (Phi) is 3.50. The van der Waals surface area contributed by atoms with Gasteiger partial charge in [0, 0.05) is 11.3 Å². The molecule has 0 fully saturated rings. The Hall–Kier alpha value is -1.91. The summed E-state index contributed by atoms with van der Waals surface area (Å²) in [5.41, 5.74) is 1.54. The molecule has 0 radical (unpaired) electrons. The summed E-state index contributed by atoms with van der Waals surface area (Å²) in [6.07, 6.45) is -8.72. The zero-order valence-corrected chi connectivity index (χ0v) is 8.22. The third-order valence-electron chi connectivity index (χ3n) is 1.93. The van der Waals surface area contributed by atoms with Gasteiger partial charge in [0.1, 0.15) is 5.69 Å². The quantitative estimate of drug-likeness (QED) is 0.822. The van der Waals surface area contributed by atoms with Gasteiger partial charge in [0.05, 0.1) is 12.5 Å². The predicted octanol–water partition coefficient (Wildman–Crippen LogP) is 2.69. The van der Waals surface area contributed by atoms with Crippen molar-refractivity contribution >= 4 is 5.69 Å². The van der Waals surface area contributed by atoms with Gasteiger partial charge in [0.25, 0.3) is 6.43 Å². The molecule has 0 aliphatic rings. The van der Waals surface area contributed by atoms with Crippen molar-refractivity contribution in [1.29, 1.82) is 5.26 Å². The Morgan fingerprint density at radius 1 is 1.41 bits per heavy atom. The van der Waals surface area contributed by atoms with Crippen LogP contribution in [-0.2, 0) is 12.6 Å². The van der Waals surface area contributed by atoms with Crippen LogP contribution in [0.4, 0.5) is 27.6 Å². The molecule has 1 aromatic rings. The lowest BCUT2D eigenvalue weighted by molar-refractivity contribution is -0.142. The number of hydrogen-bond donors (Lipinski definition) is 1. The lowest BCUT2D eigenvalue weighted by atomic mass is 10.1. The fourth-order valence-electron chi connectivity index (χ4n) is 1.22. The highest BCUT2D eigenvalue weighted by atomic mass is 19.4. The van der Waals surface area contributed by atoms with Crippen molar-refractivity contribution in [2.45, 2.75) is 19.0 Å². The van der Waals surface area contributed by atoms with Crippen LogP contribution in [0.25, 0.3) is 0 Å². The van der Waals surface area contributed by atoms with E-state index in [1.807, 2.05) is 0 Å². The molecule has 1 heterocycles. The van der Waals surface area contributed by atoms with Crippen molar-refractivity contribution in [3.63, 3.8) is 0 Å². The van der Waals surface area contributed by atoms with Crippen LogP contribution in [0.3, 0.4) is 0 Å². The SMILES string of the molecule is N#CCc1c(N)cc(C(F)F)nc1C(F)(F)F. The fraction of sp³-hybridized carbons (Fsp3) is 0.333. The third kappa shape index (κ3) is 2.81. The van der Waals surface area contributed by atoms with Crippen LogP contribution in [0.5, 0.6) is 0 Å². The highest BCUT2D eigenvalue weighted by Crippen LogP contribution is 2.35. The average molecular weight is 251 g/mol. The number of halogens is 5. The van der Waals surface area contributed by atoms with E-state index >= 15 is 0 Å². The van der Waals surface area contributed by atoms with Gasteiger partial charge < -0.3 is 5.73 Å². The number of nitrogen functional groups attached to an aromatic ring is 1. The zero-order valence-electron chi connectivity index (χ0n) is 8.22. The number of nitrogens with two attached hydrogens (primary N) is 1. The molecule has 0 bridgehead atoms. The second-order valence-electron chi connectivity index (χ2n) is 3.10. The van der Waals surface area contributed by atoms with Crippen molar-refractivity contribution in [3.05, 3.63) is 23.0 Å². The summed E-state index contributed by atoms with van der Waals surface area (Å²) in [6.45, 7) is 0. The Balaban J connectivity index is 3.46. The molecule has 2 N–H and O–H groups in total. The van der Waals surface area contributed by atoms with Crippen LogP contribution in [0, 0.1) is 11.3 Å². The van der Waals surface area contributed by atoms with Crippen molar-refractivity contribution < 1.29 is 22.0 Å². The first-order chi connectivity index (χ1) is 7.77. The van der Waals surface area contributed by atoms with Gasteiger partial charge in [-0.3, -0.25) is 0 Å². The highest BCUT2D eigenvalue weighted by molar-refractivity contribution is 5.52. The highest BCUT2D eigenvalue weighted by Gasteiger charge is 2.37. The molecule has 0 atom stereocenters. The Morgan fingerprint density at radius 3 is 2.41 bits per heavy atom. The first-order valence-corrected chi connectivity index (χ1v) is 4.29. The van der Waals surface area contributed by atoms with Gasteiger partial charge in [-0.15, -0.1) is 0 Å².